The lowest BCUT2D eigenvalue weighted by Gasteiger charge is -2.58. The number of alkyl halides is 1. The third-order valence-corrected chi connectivity index (χ3v) is 8.33. The zero-order chi connectivity index (χ0) is 20.2. The molecule has 0 saturated heterocycles. The van der Waals surface area contributed by atoms with Crippen LogP contribution in [0, 0.1) is 40.9 Å². The Labute approximate surface area is 165 Å². The lowest BCUT2D eigenvalue weighted by molar-refractivity contribution is -0.194. The van der Waals surface area contributed by atoms with Crippen molar-refractivity contribution in [3.05, 3.63) is 0 Å². The zero-order valence-electron chi connectivity index (χ0n) is 15.9. The van der Waals surface area contributed by atoms with Crippen LogP contribution in [0.5, 0.6) is 0 Å². The van der Waals surface area contributed by atoms with Crippen LogP contribution in [0.1, 0.15) is 52.4 Å². The van der Waals surface area contributed by atoms with Gasteiger partial charge in [-0.05, 0) is 37.5 Å². The van der Waals surface area contributed by atoms with E-state index < -0.39 is 40.3 Å². The van der Waals surface area contributed by atoms with Gasteiger partial charge in [0.25, 0.3) is 0 Å². The lowest BCUT2D eigenvalue weighted by atomic mass is 9.46. The topological polar surface area (TPSA) is 94.8 Å². The molecule has 3 fully saturated rings. The van der Waals surface area contributed by atoms with Crippen molar-refractivity contribution in [2.45, 2.75) is 70.2 Å². The number of carbonyl (C=O) groups is 2. The summed E-state index contributed by atoms with van der Waals surface area (Å²) in [4.78, 5) is 25.3. The van der Waals surface area contributed by atoms with Gasteiger partial charge in [-0.2, -0.15) is 0 Å². The third-order valence-electron chi connectivity index (χ3n) is 8.09. The van der Waals surface area contributed by atoms with E-state index in [4.69, 9.17) is 18.0 Å². The van der Waals surface area contributed by atoms with Gasteiger partial charge in [0, 0.05) is 29.6 Å². The van der Waals surface area contributed by atoms with Gasteiger partial charge in [-0.25, -0.2) is 0 Å². The lowest BCUT2D eigenvalue weighted by Crippen LogP contribution is -2.64. The molecule has 0 aromatic heterocycles. The normalized spacial score (nSPS) is 49.2. The number of aliphatic hydroxyl groups excluding tert-OH is 2. The van der Waals surface area contributed by atoms with E-state index >= 15 is 0 Å². The Morgan fingerprint density at radius 2 is 2.04 bits per heavy atom. The molecule has 0 spiro atoms. The number of ketones is 2. The first-order valence-electron chi connectivity index (χ1n) is 9.72. The molecule has 150 valence electrons. The van der Waals surface area contributed by atoms with Gasteiger partial charge in [0.05, 0.1) is 18.1 Å². The molecule has 6 heteroatoms. The van der Waals surface area contributed by atoms with E-state index in [9.17, 15) is 24.9 Å². The number of rotatable bonds is 4. The number of halogens is 1. The van der Waals surface area contributed by atoms with E-state index in [2.05, 4.69) is 5.92 Å². The fourth-order valence-electron chi connectivity index (χ4n) is 6.68. The van der Waals surface area contributed by atoms with E-state index in [1.54, 1.807) is 6.92 Å². The molecule has 5 nitrogen and oxygen atoms in total. The summed E-state index contributed by atoms with van der Waals surface area (Å²) in [5.41, 5.74) is -3.67. The van der Waals surface area contributed by atoms with Crippen molar-refractivity contribution in [3.8, 4) is 12.3 Å². The summed E-state index contributed by atoms with van der Waals surface area (Å²) < 4.78 is 0. The summed E-state index contributed by atoms with van der Waals surface area (Å²) >= 11 is 5.73. The van der Waals surface area contributed by atoms with Crippen LogP contribution in [0.3, 0.4) is 0 Å². The monoisotopic (exact) mass is 396 g/mol. The predicted molar refractivity (Wildman–Crippen MR) is 101 cm³/mol. The second-order valence-corrected chi connectivity index (χ2v) is 9.41. The SMILES string of the molecule is C#CCC[C@@]1(C)C(=O)CC[C@@H]2[C@@H]1[C@@H](O)C[C@@]1(C)[C@H]2C[C@@H](O)[C@]1(O)C(=O)CCl. The molecule has 0 radical (unpaired) electrons. The predicted octanol–water partition coefficient (Wildman–Crippen LogP) is 1.69. The minimum Gasteiger partial charge on any atom is -0.393 e. The zero-order valence-corrected chi connectivity index (χ0v) is 16.7. The van der Waals surface area contributed by atoms with Crippen LogP contribution in [-0.2, 0) is 9.59 Å². The van der Waals surface area contributed by atoms with E-state index in [1.807, 2.05) is 6.92 Å². The molecule has 3 saturated carbocycles. The van der Waals surface area contributed by atoms with Crippen LogP contribution in [-0.4, -0.2) is 50.6 Å². The molecule has 0 aliphatic heterocycles. The highest BCUT2D eigenvalue weighted by atomic mass is 35.5. The standard InChI is InChI=1S/C21H29ClO5/c1-4-5-8-19(2)15(24)7-6-12-13-9-16(25)21(27,17(26)11-22)20(13,3)10-14(23)18(12)19/h1,12-14,16,18,23,25,27H,5-11H2,2-3H3/t12-,13-,14-,16+,18+,19-,20-,21-/m0/s1. The molecule has 8 atom stereocenters. The van der Waals surface area contributed by atoms with Gasteiger partial charge in [-0.3, -0.25) is 9.59 Å². The molecule has 0 amide bonds. The van der Waals surface area contributed by atoms with Gasteiger partial charge in [-0.15, -0.1) is 23.9 Å². The van der Waals surface area contributed by atoms with Crippen LogP contribution < -0.4 is 0 Å². The van der Waals surface area contributed by atoms with Crippen molar-refractivity contribution in [2.24, 2.45) is 28.6 Å². The maximum atomic E-state index is 12.8. The van der Waals surface area contributed by atoms with Crippen molar-refractivity contribution >= 4 is 23.2 Å². The molecular formula is C21H29ClO5. The van der Waals surface area contributed by atoms with Gasteiger partial charge in [-0.1, -0.05) is 13.8 Å². The molecule has 0 aromatic carbocycles. The molecule has 3 aliphatic carbocycles. The molecule has 0 bridgehead atoms. The average Bonchev–Trinajstić information content (AvgIpc) is 2.83. The van der Waals surface area contributed by atoms with Crippen LogP contribution in [0.4, 0.5) is 0 Å². The summed E-state index contributed by atoms with van der Waals surface area (Å²) in [5.74, 6) is 1.20. The molecule has 0 heterocycles. The van der Waals surface area contributed by atoms with Gasteiger partial charge >= 0.3 is 0 Å². The quantitative estimate of drug-likeness (QED) is 0.496. The Balaban J connectivity index is 2.04. The van der Waals surface area contributed by atoms with Crippen LogP contribution in [0.15, 0.2) is 0 Å². The molecule has 3 N–H and O–H groups in total. The number of hydrogen-bond acceptors (Lipinski definition) is 5. The first-order valence-corrected chi connectivity index (χ1v) is 10.3. The van der Waals surface area contributed by atoms with Crippen molar-refractivity contribution in [1.29, 1.82) is 0 Å². The smallest absolute Gasteiger partial charge is 0.182 e. The summed E-state index contributed by atoms with van der Waals surface area (Å²) in [6, 6.07) is 0. The highest BCUT2D eigenvalue weighted by molar-refractivity contribution is 6.29. The number of fused-ring (bicyclic) bond motifs is 3. The second kappa shape index (κ2) is 6.84. The van der Waals surface area contributed by atoms with Crippen LogP contribution >= 0.6 is 11.6 Å². The highest BCUT2D eigenvalue weighted by Gasteiger charge is 2.71. The number of carbonyl (C=O) groups excluding carboxylic acids is 2. The Hall–Kier alpha value is -0.930. The summed E-state index contributed by atoms with van der Waals surface area (Å²) in [7, 11) is 0. The fourth-order valence-corrected chi connectivity index (χ4v) is 6.88. The number of aliphatic hydroxyl groups is 3. The summed E-state index contributed by atoms with van der Waals surface area (Å²) in [6.07, 6.45) is 5.70. The van der Waals surface area contributed by atoms with Crippen molar-refractivity contribution in [1.82, 2.24) is 0 Å². The Morgan fingerprint density at radius 3 is 2.63 bits per heavy atom. The summed E-state index contributed by atoms with van der Waals surface area (Å²) in [5, 5.41) is 33.0. The van der Waals surface area contributed by atoms with E-state index in [0.717, 1.165) is 0 Å². The van der Waals surface area contributed by atoms with Gasteiger partial charge in [0.2, 0.25) is 0 Å². The Morgan fingerprint density at radius 1 is 1.37 bits per heavy atom. The van der Waals surface area contributed by atoms with Gasteiger partial charge < -0.3 is 15.3 Å². The summed E-state index contributed by atoms with van der Waals surface area (Å²) in [6.45, 7) is 3.66. The molecular weight excluding hydrogens is 368 g/mol. The number of Topliss-reactive ketones (excluding diaryl/α,β-unsaturated/α-hetero) is 2. The minimum atomic E-state index is -1.97. The Kier molecular flexibility index (Phi) is 5.27. The Bertz CT molecular complexity index is 687. The number of hydrogen-bond donors (Lipinski definition) is 3. The average molecular weight is 397 g/mol. The highest BCUT2D eigenvalue weighted by Crippen LogP contribution is 2.65. The maximum Gasteiger partial charge on any atom is 0.182 e. The molecule has 0 unspecified atom stereocenters. The van der Waals surface area contributed by atoms with E-state index in [0.29, 0.717) is 25.7 Å². The minimum absolute atomic E-state index is 0.0639. The second-order valence-electron chi connectivity index (χ2n) is 9.14. The third kappa shape index (κ3) is 2.64. The van der Waals surface area contributed by atoms with Gasteiger partial charge in [0.15, 0.2) is 11.4 Å². The molecule has 3 aliphatic rings. The molecule has 0 aromatic rings. The van der Waals surface area contributed by atoms with Crippen LogP contribution in [0.2, 0.25) is 0 Å². The largest absolute Gasteiger partial charge is 0.393 e. The van der Waals surface area contributed by atoms with Crippen molar-refractivity contribution in [2.75, 3.05) is 5.88 Å². The fraction of sp³-hybridized carbons (Fsp3) is 0.810. The first kappa shape index (κ1) is 20.8. The van der Waals surface area contributed by atoms with Gasteiger partial charge in [0.1, 0.15) is 5.78 Å². The van der Waals surface area contributed by atoms with Crippen molar-refractivity contribution in [3.63, 3.8) is 0 Å². The number of terminal acetylenes is 1. The molecule has 27 heavy (non-hydrogen) atoms. The van der Waals surface area contributed by atoms with Crippen LogP contribution in [0.25, 0.3) is 0 Å². The van der Waals surface area contributed by atoms with Crippen molar-refractivity contribution < 1.29 is 24.9 Å². The maximum absolute atomic E-state index is 12.8. The first-order chi connectivity index (χ1) is 12.6. The van der Waals surface area contributed by atoms with E-state index in [-0.39, 0.29) is 36.4 Å². The molecule has 3 rings (SSSR count). The van der Waals surface area contributed by atoms with E-state index in [1.165, 1.54) is 0 Å².